The number of rotatable bonds is 5. The van der Waals surface area contributed by atoms with Crippen molar-refractivity contribution >= 4 is 11.8 Å². The average molecular weight is 201 g/mol. The van der Waals surface area contributed by atoms with Crippen molar-refractivity contribution in [1.82, 2.24) is 20.2 Å². The van der Waals surface area contributed by atoms with Gasteiger partial charge in [0.05, 0.1) is 0 Å². The van der Waals surface area contributed by atoms with Gasteiger partial charge in [-0.05, 0) is 30.2 Å². The molecule has 1 atom stereocenters. The molecule has 0 aliphatic rings. The van der Waals surface area contributed by atoms with Crippen molar-refractivity contribution in [2.24, 2.45) is 12.8 Å². The molecule has 1 aromatic heterocycles. The van der Waals surface area contributed by atoms with Crippen LogP contribution in [-0.2, 0) is 7.05 Å². The predicted molar refractivity (Wildman–Crippen MR) is 52.4 cm³/mol. The molecule has 1 heterocycles. The topological polar surface area (TPSA) is 69.6 Å². The molecule has 0 aliphatic carbocycles. The lowest BCUT2D eigenvalue weighted by molar-refractivity contribution is 0.651. The Balaban J connectivity index is 2.17. The molecule has 1 unspecified atom stereocenters. The van der Waals surface area contributed by atoms with E-state index in [1.807, 2.05) is 14.0 Å². The van der Waals surface area contributed by atoms with Crippen LogP contribution in [0.2, 0.25) is 0 Å². The lowest BCUT2D eigenvalue weighted by Gasteiger charge is -2.02. The van der Waals surface area contributed by atoms with Crippen LogP contribution < -0.4 is 5.73 Å². The quantitative estimate of drug-likeness (QED) is 0.552. The van der Waals surface area contributed by atoms with Crippen LogP contribution in [0.5, 0.6) is 0 Å². The molecule has 0 saturated heterocycles. The van der Waals surface area contributed by atoms with E-state index in [0.29, 0.717) is 6.04 Å². The van der Waals surface area contributed by atoms with Gasteiger partial charge in [-0.15, -0.1) is 5.10 Å². The Labute approximate surface area is 82.1 Å². The van der Waals surface area contributed by atoms with E-state index in [4.69, 9.17) is 5.73 Å². The van der Waals surface area contributed by atoms with Crippen molar-refractivity contribution in [3.8, 4) is 0 Å². The van der Waals surface area contributed by atoms with Crippen molar-refractivity contribution in [3.63, 3.8) is 0 Å². The zero-order valence-corrected chi connectivity index (χ0v) is 8.79. The molecule has 0 amide bonds. The highest BCUT2D eigenvalue weighted by Gasteiger charge is 2.02. The van der Waals surface area contributed by atoms with Crippen molar-refractivity contribution < 1.29 is 0 Å². The second-order valence-corrected chi connectivity index (χ2v) is 4.12. The highest BCUT2D eigenvalue weighted by atomic mass is 32.2. The summed E-state index contributed by atoms with van der Waals surface area (Å²) in [7, 11) is 1.84. The highest BCUT2D eigenvalue weighted by molar-refractivity contribution is 7.99. The summed E-state index contributed by atoms with van der Waals surface area (Å²) in [6, 6.07) is 0.290. The summed E-state index contributed by atoms with van der Waals surface area (Å²) >= 11 is 1.67. The Morgan fingerprint density at radius 1 is 1.62 bits per heavy atom. The van der Waals surface area contributed by atoms with Gasteiger partial charge in [0, 0.05) is 18.8 Å². The first-order valence-corrected chi connectivity index (χ1v) is 5.29. The van der Waals surface area contributed by atoms with Gasteiger partial charge in [0.15, 0.2) is 0 Å². The molecule has 5 nitrogen and oxygen atoms in total. The van der Waals surface area contributed by atoms with E-state index in [1.54, 1.807) is 16.4 Å². The summed E-state index contributed by atoms with van der Waals surface area (Å²) in [5.41, 5.74) is 5.63. The summed E-state index contributed by atoms with van der Waals surface area (Å²) in [6.45, 7) is 2.02. The molecule has 13 heavy (non-hydrogen) atoms. The van der Waals surface area contributed by atoms with Crippen LogP contribution >= 0.6 is 11.8 Å². The molecule has 6 heteroatoms. The number of aromatic nitrogens is 4. The van der Waals surface area contributed by atoms with E-state index in [2.05, 4.69) is 15.5 Å². The third kappa shape index (κ3) is 3.73. The van der Waals surface area contributed by atoms with E-state index < -0.39 is 0 Å². The van der Waals surface area contributed by atoms with Crippen LogP contribution in [0.3, 0.4) is 0 Å². The number of aryl methyl sites for hydroxylation is 1. The molecular weight excluding hydrogens is 186 g/mol. The van der Waals surface area contributed by atoms with Crippen molar-refractivity contribution in [2.45, 2.75) is 31.0 Å². The zero-order chi connectivity index (χ0) is 9.68. The van der Waals surface area contributed by atoms with Gasteiger partial charge in [-0.3, -0.25) is 0 Å². The van der Waals surface area contributed by atoms with Gasteiger partial charge in [0.1, 0.15) is 0 Å². The second-order valence-electron chi connectivity index (χ2n) is 3.05. The molecule has 0 fully saturated rings. The van der Waals surface area contributed by atoms with E-state index in [0.717, 1.165) is 23.8 Å². The number of hydrogen-bond acceptors (Lipinski definition) is 5. The summed E-state index contributed by atoms with van der Waals surface area (Å²) in [5, 5.41) is 12.0. The first-order valence-electron chi connectivity index (χ1n) is 4.31. The van der Waals surface area contributed by atoms with Crippen molar-refractivity contribution in [2.75, 3.05) is 5.75 Å². The first kappa shape index (κ1) is 10.5. The molecular formula is C7H15N5S. The predicted octanol–water partition coefficient (Wildman–Crippen LogP) is 0.430. The number of tetrazole rings is 1. The van der Waals surface area contributed by atoms with E-state index in [1.165, 1.54) is 0 Å². The number of thioether (sulfide) groups is 1. The van der Waals surface area contributed by atoms with Gasteiger partial charge in [0.25, 0.3) is 0 Å². The molecule has 2 N–H and O–H groups in total. The highest BCUT2D eigenvalue weighted by Crippen LogP contribution is 2.14. The molecule has 0 spiro atoms. The molecule has 0 aromatic carbocycles. The van der Waals surface area contributed by atoms with Crippen LogP contribution in [-0.4, -0.2) is 32.0 Å². The van der Waals surface area contributed by atoms with E-state index in [-0.39, 0.29) is 0 Å². The maximum Gasteiger partial charge on any atom is 0.209 e. The average Bonchev–Trinajstić information content (AvgIpc) is 2.45. The van der Waals surface area contributed by atoms with Crippen LogP contribution in [0, 0.1) is 0 Å². The minimum Gasteiger partial charge on any atom is -0.328 e. The Morgan fingerprint density at radius 3 is 2.92 bits per heavy atom. The van der Waals surface area contributed by atoms with Gasteiger partial charge in [-0.2, -0.15) is 0 Å². The molecule has 0 radical (unpaired) electrons. The monoisotopic (exact) mass is 201 g/mol. The summed E-state index contributed by atoms with van der Waals surface area (Å²) in [5.74, 6) is 1.02. The van der Waals surface area contributed by atoms with Crippen LogP contribution in [0.1, 0.15) is 19.8 Å². The Kier molecular flexibility index (Phi) is 4.17. The molecule has 1 rings (SSSR count). The fourth-order valence-corrected chi connectivity index (χ4v) is 1.72. The van der Waals surface area contributed by atoms with Crippen molar-refractivity contribution in [1.29, 1.82) is 0 Å². The second kappa shape index (κ2) is 5.18. The molecule has 74 valence electrons. The largest absolute Gasteiger partial charge is 0.328 e. The van der Waals surface area contributed by atoms with Crippen LogP contribution in [0.15, 0.2) is 5.16 Å². The third-order valence-electron chi connectivity index (χ3n) is 1.62. The van der Waals surface area contributed by atoms with Crippen LogP contribution in [0.4, 0.5) is 0 Å². The van der Waals surface area contributed by atoms with E-state index in [9.17, 15) is 0 Å². The lowest BCUT2D eigenvalue weighted by Crippen LogP contribution is -2.14. The normalized spacial score (nSPS) is 13.2. The number of hydrogen-bond donors (Lipinski definition) is 1. The molecule has 0 saturated carbocycles. The minimum atomic E-state index is 0.290. The summed E-state index contributed by atoms with van der Waals surface area (Å²) in [4.78, 5) is 0. The first-order chi connectivity index (χ1) is 6.20. The summed E-state index contributed by atoms with van der Waals surface area (Å²) < 4.78 is 1.68. The van der Waals surface area contributed by atoms with Crippen LogP contribution in [0.25, 0.3) is 0 Å². The molecule has 0 aliphatic heterocycles. The minimum absolute atomic E-state index is 0.290. The van der Waals surface area contributed by atoms with Crippen molar-refractivity contribution in [3.05, 3.63) is 0 Å². The van der Waals surface area contributed by atoms with Gasteiger partial charge in [-0.25, -0.2) is 4.68 Å². The Bertz CT molecular complexity index is 247. The van der Waals surface area contributed by atoms with Gasteiger partial charge in [0.2, 0.25) is 5.16 Å². The van der Waals surface area contributed by atoms with Gasteiger partial charge in [-0.1, -0.05) is 11.8 Å². The fourth-order valence-electron chi connectivity index (χ4n) is 0.912. The Morgan fingerprint density at radius 2 is 2.38 bits per heavy atom. The maximum atomic E-state index is 5.63. The number of nitrogens with zero attached hydrogens (tertiary/aromatic N) is 4. The number of nitrogens with two attached hydrogens (primary N) is 1. The SMILES string of the molecule is CC(N)CCCSc1nnnn1C. The smallest absolute Gasteiger partial charge is 0.209 e. The van der Waals surface area contributed by atoms with E-state index >= 15 is 0 Å². The molecule has 0 bridgehead atoms. The third-order valence-corrected chi connectivity index (χ3v) is 2.71. The molecule has 1 aromatic rings. The lowest BCUT2D eigenvalue weighted by atomic mass is 10.2. The standard InChI is InChI=1S/C7H15N5S/c1-6(8)4-3-5-13-7-9-10-11-12(7)2/h6H,3-5,8H2,1-2H3. The van der Waals surface area contributed by atoms with Gasteiger partial charge < -0.3 is 5.73 Å². The summed E-state index contributed by atoms with van der Waals surface area (Å²) in [6.07, 6.45) is 2.16. The fraction of sp³-hybridized carbons (Fsp3) is 0.857. The van der Waals surface area contributed by atoms with Gasteiger partial charge >= 0.3 is 0 Å². The Hall–Kier alpha value is -0.620. The maximum absolute atomic E-state index is 5.63. The zero-order valence-electron chi connectivity index (χ0n) is 7.97.